The molecule has 0 heterocycles. The fourth-order valence-corrected chi connectivity index (χ4v) is 2.48. The zero-order chi connectivity index (χ0) is 19.5. The number of nitrogens with two attached hydrogens (primary N) is 1. The smallest absolute Gasteiger partial charge is 0.322 e. The van der Waals surface area contributed by atoms with E-state index in [9.17, 15) is 4.79 Å². The molecule has 1 atom stereocenters. The van der Waals surface area contributed by atoms with Crippen molar-refractivity contribution >= 4 is 11.7 Å². The zero-order valence-electron chi connectivity index (χ0n) is 15.3. The second-order valence-electron chi connectivity index (χ2n) is 5.93. The van der Waals surface area contributed by atoms with Crippen molar-refractivity contribution in [3.8, 4) is 0 Å². The van der Waals surface area contributed by atoms with Crippen molar-refractivity contribution in [1.82, 2.24) is 0 Å². The summed E-state index contributed by atoms with van der Waals surface area (Å²) in [5, 5.41) is 7.97. The van der Waals surface area contributed by atoms with Gasteiger partial charge in [-0.3, -0.25) is 10.2 Å². The van der Waals surface area contributed by atoms with Gasteiger partial charge in [-0.05, 0) is 23.1 Å². The predicted molar refractivity (Wildman–Crippen MR) is 109 cm³/mol. The van der Waals surface area contributed by atoms with Crippen LogP contribution in [-0.4, -0.2) is 24.8 Å². The Bertz CT molecular complexity index is 793. The van der Waals surface area contributed by atoms with Gasteiger partial charge in [-0.1, -0.05) is 91.0 Å². The van der Waals surface area contributed by atoms with Crippen LogP contribution in [0.2, 0.25) is 0 Å². The van der Waals surface area contributed by atoms with Crippen LogP contribution in [0.3, 0.4) is 0 Å². The van der Waals surface area contributed by atoms with Gasteiger partial charge in [0.1, 0.15) is 6.04 Å². The van der Waals surface area contributed by atoms with Crippen LogP contribution in [-0.2, 0) is 16.0 Å². The highest BCUT2D eigenvalue weighted by molar-refractivity contribution is 6.10. The number of carbonyl (C=O) groups excluding carboxylic acids is 1. The van der Waals surface area contributed by atoms with Crippen LogP contribution in [0.1, 0.15) is 16.7 Å². The molecule has 0 aliphatic rings. The molecule has 3 aromatic carbocycles. The molecule has 0 fully saturated rings. The van der Waals surface area contributed by atoms with Crippen molar-refractivity contribution in [3.63, 3.8) is 0 Å². The first-order valence-electron chi connectivity index (χ1n) is 8.68. The quantitative estimate of drug-likeness (QED) is 0.536. The van der Waals surface area contributed by atoms with Gasteiger partial charge in [0, 0.05) is 0 Å². The predicted octanol–water partition coefficient (Wildman–Crippen LogP) is 3.83. The molecule has 4 heteroatoms. The minimum atomic E-state index is -0.563. The van der Waals surface area contributed by atoms with Gasteiger partial charge >= 0.3 is 5.97 Å². The number of nitrogens with one attached hydrogen (secondary N) is 1. The van der Waals surface area contributed by atoms with E-state index in [1.165, 1.54) is 7.11 Å². The Hall–Kier alpha value is -3.24. The number of ether oxygens (including phenoxy) is 1. The summed E-state index contributed by atoms with van der Waals surface area (Å²) in [6.07, 6.45) is 0.521. The van der Waals surface area contributed by atoms with Crippen LogP contribution in [0, 0.1) is 5.41 Å². The lowest BCUT2D eigenvalue weighted by Gasteiger charge is -2.08. The molecule has 0 amide bonds. The Morgan fingerprint density at radius 2 is 1.26 bits per heavy atom. The van der Waals surface area contributed by atoms with Gasteiger partial charge in [0.15, 0.2) is 0 Å². The van der Waals surface area contributed by atoms with E-state index in [1.54, 1.807) is 0 Å². The molecule has 0 bridgehead atoms. The molecule has 0 saturated heterocycles. The Morgan fingerprint density at radius 1 is 0.852 bits per heavy atom. The molecule has 0 aromatic heterocycles. The molecule has 0 aliphatic carbocycles. The van der Waals surface area contributed by atoms with Gasteiger partial charge < -0.3 is 10.5 Å². The Balaban J connectivity index is 0.000000194. The van der Waals surface area contributed by atoms with Gasteiger partial charge in [0.05, 0.1) is 12.8 Å². The topological polar surface area (TPSA) is 76.2 Å². The molecule has 3 N–H and O–H groups in total. The van der Waals surface area contributed by atoms with Crippen molar-refractivity contribution in [2.75, 3.05) is 7.11 Å². The van der Waals surface area contributed by atoms with Gasteiger partial charge in [-0.25, -0.2) is 0 Å². The number of rotatable bonds is 5. The van der Waals surface area contributed by atoms with E-state index in [2.05, 4.69) is 4.74 Å². The molecule has 3 aromatic rings. The third-order valence-corrected chi connectivity index (χ3v) is 3.93. The fourth-order valence-electron chi connectivity index (χ4n) is 2.48. The Morgan fingerprint density at radius 3 is 1.67 bits per heavy atom. The maximum absolute atomic E-state index is 11.0. The first kappa shape index (κ1) is 20.1. The van der Waals surface area contributed by atoms with E-state index in [0.717, 1.165) is 16.7 Å². The molecule has 4 nitrogen and oxygen atoms in total. The lowest BCUT2D eigenvalue weighted by atomic mass is 10.0. The summed E-state index contributed by atoms with van der Waals surface area (Å²) < 4.78 is 4.52. The number of benzene rings is 3. The van der Waals surface area contributed by atoms with Crippen LogP contribution in [0.5, 0.6) is 0 Å². The molecule has 0 aliphatic heterocycles. The van der Waals surface area contributed by atoms with E-state index in [-0.39, 0.29) is 5.97 Å². The minimum absolute atomic E-state index is 0.371. The first-order valence-corrected chi connectivity index (χ1v) is 8.68. The largest absolute Gasteiger partial charge is 0.468 e. The van der Waals surface area contributed by atoms with E-state index in [1.807, 2.05) is 91.0 Å². The Labute approximate surface area is 160 Å². The number of hydrogen-bond acceptors (Lipinski definition) is 4. The van der Waals surface area contributed by atoms with Crippen molar-refractivity contribution in [1.29, 1.82) is 5.41 Å². The van der Waals surface area contributed by atoms with Crippen LogP contribution < -0.4 is 5.73 Å². The lowest BCUT2D eigenvalue weighted by Crippen LogP contribution is -2.33. The molecule has 3 rings (SSSR count). The van der Waals surface area contributed by atoms with E-state index in [4.69, 9.17) is 11.1 Å². The van der Waals surface area contributed by atoms with E-state index < -0.39 is 6.04 Å². The minimum Gasteiger partial charge on any atom is -0.468 e. The van der Waals surface area contributed by atoms with Crippen molar-refractivity contribution < 1.29 is 9.53 Å². The van der Waals surface area contributed by atoms with Crippen LogP contribution in [0.15, 0.2) is 91.0 Å². The number of carbonyl (C=O) groups is 1. The molecule has 0 spiro atoms. The van der Waals surface area contributed by atoms with Gasteiger partial charge in [-0.2, -0.15) is 0 Å². The molecule has 0 unspecified atom stereocenters. The lowest BCUT2D eigenvalue weighted by molar-refractivity contribution is -0.142. The average Bonchev–Trinajstić information content (AvgIpc) is 2.75. The van der Waals surface area contributed by atoms with Crippen molar-refractivity contribution in [2.45, 2.75) is 12.5 Å². The van der Waals surface area contributed by atoms with Gasteiger partial charge in [0.2, 0.25) is 0 Å². The number of esters is 1. The highest BCUT2D eigenvalue weighted by Gasteiger charge is 2.13. The summed E-state index contributed by atoms with van der Waals surface area (Å²) in [4.78, 5) is 11.0. The Kier molecular flexibility index (Phi) is 7.94. The fraction of sp³-hybridized carbons (Fsp3) is 0.130. The second-order valence-corrected chi connectivity index (χ2v) is 5.93. The van der Waals surface area contributed by atoms with Gasteiger partial charge in [0.25, 0.3) is 0 Å². The molecular weight excluding hydrogens is 336 g/mol. The third kappa shape index (κ3) is 6.53. The van der Waals surface area contributed by atoms with Crippen molar-refractivity contribution in [3.05, 3.63) is 108 Å². The van der Waals surface area contributed by atoms with Crippen LogP contribution >= 0.6 is 0 Å². The highest BCUT2D eigenvalue weighted by atomic mass is 16.5. The normalized spacial score (nSPS) is 10.9. The zero-order valence-corrected chi connectivity index (χ0v) is 15.3. The standard InChI is InChI=1S/C13H11N.C10H13NO2/c14-13(11-7-3-1-4-8-11)12-9-5-2-6-10-12;1-13-10(12)9(11)7-8-5-3-2-4-6-8/h1-10,14H;2-6,9H,7,11H2,1H3/t;9-/m.1/s1. The van der Waals surface area contributed by atoms with Crippen LogP contribution in [0.25, 0.3) is 0 Å². The number of hydrogen-bond donors (Lipinski definition) is 2. The summed E-state index contributed by atoms with van der Waals surface area (Å²) in [6.45, 7) is 0. The van der Waals surface area contributed by atoms with E-state index >= 15 is 0 Å². The summed E-state index contributed by atoms with van der Waals surface area (Å²) >= 11 is 0. The summed E-state index contributed by atoms with van der Waals surface area (Å²) in [5.41, 5.74) is 9.12. The average molecular weight is 360 g/mol. The van der Waals surface area contributed by atoms with Crippen molar-refractivity contribution in [2.24, 2.45) is 5.73 Å². The molecule has 138 valence electrons. The summed E-state index contributed by atoms with van der Waals surface area (Å²) in [7, 11) is 1.34. The summed E-state index contributed by atoms with van der Waals surface area (Å²) in [6, 6.07) is 28.6. The van der Waals surface area contributed by atoms with Crippen LogP contribution in [0.4, 0.5) is 0 Å². The number of methoxy groups -OCH3 is 1. The second kappa shape index (κ2) is 10.7. The highest BCUT2D eigenvalue weighted by Crippen LogP contribution is 2.08. The molecular formula is C23H24N2O2. The van der Waals surface area contributed by atoms with E-state index in [0.29, 0.717) is 12.1 Å². The molecule has 0 radical (unpaired) electrons. The first-order chi connectivity index (χ1) is 13.1. The third-order valence-electron chi connectivity index (χ3n) is 3.93. The monoisotopic (exact) mass is 360 g/mol. The maximum atomic E-state index is 11.0. The molecule has 27 heavy (non-hydrogen) atoms. The molecule has 0 saturated carbocycles. The van der Waals surface area contributed by atoms with Gasteiger partial charge in [-0.15, -0.1) is 0 Å². The maximum Gasteiger partial charge on any atom is 0.322 e. The SMILES string of the molecule is COC(=O)[C@H](N)Cc1ccccc1.N=C(c1ccccc1)c1ccccc1. The summed E-state index contributed by atoms with van der Waals surface area (Å²) in [5.74, 6) is -0.371.